The van der Waals surface area contributed by atoms with Gasteiger partial charge in [-0.1, -0.05) is 64.2 Å². The minimum Gasteiger partial charge on any atom is -0.460 e. The number of rotatable bonds is 5. The normalized spacial score (nSPS) is 42.3. The zero-order valence-corrected chi connectivity index (χ0v) is 39.5. The Morgan fingerprint density at radius 3 is 2.27 bits per heavy atom. The summed E-state index contributed by atoms with van der Waals surface area (Å²) in [5.41, 5.74) is 1.28. The van der Waals surface area contributed by atoms with E-state index in [0.717, 1.165) is 5.57 Å². The van der Waals surface area contributed by atoms with E-state index in [1.807, 2.05) is 51.2 Å². The molecule has 1 saturated carbocycles. The molecule has 0 aromatic heterocycles. The maximum Gasteiger partial charge on any atom is 0.329 e. The van der Waals surface area contributed by atoms with Crippen molar-refractivity contribution < 1.29 is 63.0 Å². The second-order valence-corrected chi connectivity index (χ2v) is 19.5. The Labute approximate surface area is 379 Å². The molecule has 1 aliphatic carbocycles. The third-order valence-corrected chi connectivity index (χ3v) is 14.9. The summed E-state index contributed by atoms with van der Waals surface area (Å²) in [6.07, 6.45) is 10.8. The Bertz CT molecular complexity index is 1790. The third kappa shape index (κ3) is 12.0. The molecule has 3 saturated heterocycles. The molecule has 4 heterocycles. The molecule has 0 spiro atoms. The molecule has 12 unspecified atom stereocenters. The summed E-state index contributed by atoms with van der Waals surface area (Å²) in [5, 5.41) is 34.1. The molecule has 0 radical (unpaired) electrons. The first-order chi connectivity index (χ1) is 30.3. The van der Waals surface area contributed by atoms with E-state index >= 15 is 0 Å². The molecular weight excluding hydrogens is 823 g/mol. The summed E-state index contributed by atoms with van der Waals surface area (Å²) in [4.78, 5) is 72.0. The van der Waals surface area contributed by atoms with Crippen LogP contribution in [0, 0.1) is 41.4 Å². The molecule has 0 aromatic carbocycles. The molecule has 5 aliphatic rings. The zero-order valence-electron chi connectivity index (χ0n) is 39.5. The Kier molecular flexibility index (Phi) is 18.5. The van der Waals surface area contributed by atoms with Gasteiger partial charge in [-0.2, -0.15) is 0 Å². The first-order valence-corrected chi connectivity index (χ1v) is 23.5. The molecule has 1 amide bonds. The molecule has 4 fully saturated rings. The summed E-state index contributed by atoms with van der Waals surface area (Å²) >= 11 is 0. The molecule has 5 rings (SSSR count). The van der Waals surface area contributed by atoms with E-state index in [4.69, 9.17) is 23.7 Å². The fourth-order valence-corrected chi connectivity index (χ4v) is 10.9. The van der Waals surface area contributed by atoms with Crippen molar-refractivity contribution in [3.05, 3.63) is 47.6 Å². The van der Waals surface area contributed by atoms with Gasteiger partial charge in [0.25, 0.3) is 11.7 Å². The third-order valence-electron chi connectivity index (χ3n) is 14.9. The van der Waals surface area contributed by atoms with Gasteiger partial charge in [-0.15, -0.1) is 0 Å². The van der Waals surface area contributed by atoms with Crippen molar-refractivity contribution in [1.29, 1.82) is 0 Å². The van der Waals surface area contributed by atoms with Gasteiger partial charge in [-0.3, -0.25) is 19.2 Å². The maximum atomic E-state index is 14.4. The summed E-state index contributed by atoms with van der Waals surface area (Å²) in [6, 6.07) is -1.12. The van der Waals surface area contributed by atoms with E-state index < -0.39 is 95.7 Å². The number of ether oxygens (including phenoxy) is 5. The van der Waals surface area contributed by atoms with Gasteiger partial charge in [0.1, 0.15) is 30.1 Å². The van der Waals surface area contributed by atoms with Crippen LogP contribution in [0.4, 0.5) is 0 Å². The summed E-state index contributed by atoms with van der Waals surface area (Å²) in [7, 11) is 4.52. The lowest BCUT2D eigenvalue weighted by Gasteiger charge is -2.50. The molecule has 4 aliphatic heterocycles. The number of ketones is 3. The van der Waals surface area contributed by atoms with E-state index in [1.54, 1.807) is 41.1 Å². The number of fused-ring (bicyclic) bond motifs is 3. The van der Waals surface area contributed by atoms with Crippen LogP contribution in [-0.4, -0.2) is 132 Å². The number of hydrogen-bond donors (Lipinski definition) is 3. The van der Waals surface area contributed by atoms with Crippen molar-refractivity contribution >= 4 is 29.2 Å². The SMILES string of the molecule is COC1CC2CCC(C)C(O)(O2)C(=O)C(=O)N2CCCC3C2C(=O)O[C@@H](CC(=O)C(C)/C=C(\C)C(O)[C@@H](OC)C(=O)C(C)C[C@H](C)/C=C/C=C/C=C1C)[C@H]3CC1CCC(O)C(OC)C1. The lowest BCUT2D eigenvalue weighted by atomic mass is 9.68. The number of methoxy groups -OCH3 is 3. The van der Waals surface area contributed by atoms with Crippen LogP contribution in [0.3, 0.4) is 0 Å². The number of aliphatic hydroxyl groups is 3. The Morgan fingerprint density at radius 2 is 1.58 bits per heavy atom. The van der Waals surface area contributed by atoms with Gasteiger partial charge in [0, 0.05) is 64.4 Å². The molecule has 358 valence electrons. The van der Waals surface area contributed by atoms with Gasteiger partial charge in [-0.05, 0) is 101 Å². The molecular formula is C50H75NO13. The topological polar surface area (TPSA) is 195 Å². The van der Waals surface area contributed by atoms with Gasteiger partial charge < -0.3 is 43.9 Å². The maximum absolute atomic E-state index is 14.4. The van der Waals surface area contributed by atoms with Crippen LogP contribution in [0.25, 0.3) is 0 Å². The fourth-order valence-electron chi connectivity index (χ4n) is 10.9. The number of allylic oxidation sites excluding steroid dienone is 6. The van der Waals surface area contributed by atoms with Gasteiger partial charge in [0.2, 0.25) is 5.79 Å². The first-order valence-electron chi connectivity index (χ1n) is 23.5. The molecule has 14 nitrogen and oxygen atoms in total. The highest BCUT2D eigenvalue weighted by atomic mass is 16.6. The lowest BCUT2D eigenvalue weighted by Crippen LogP contribution is -2.65. The number of carbonyl (C=O) groups is 5. The summed E-state index contributed by atoms with van der Waals surface area (Å²) < 4.78 is 29.4. The van der Waals surface area contributed by atoms with Gasteiger partial charge in [0.15, 0.2) is 5.78 Å². The van der Waals surface area contributed by atoms with Crippen LogP contribution >= 0.6 is 0 Å². The lowest BCUT2D eigenvalue weighted by molar-refractivity contribution is -0.266. The highest BCUT2D eigenvalue weighted by Crippen LogP contribution is 2.45. The minimum atomic E-state index is -2.43. The number of nitrogens with zero attached hydrogens (tertiary/aromatic N) is 1. The second kappa shape index (κ2) is 22.9. The van der Waals surface area contributed by atoms with Crippen LogP contribution < -0.4 is 0 Å². The van der Waals surface area contributed by atoms with Gasteiger partial charge in [-0.25, -0.2) is 4.79 Å². The number of amides is 1. The van der Waals surface area contributed by atoms with E-state index in [-0.39, 0.29) is 42.5 Å². The average Bonchev–Trinajstić information content (AvgIpc) is 3.27. The van der Waals surface area contributed by atoms with Crippen molar-refractivity contribution in [2.75, 3.05) is 27.9 Å². The van der Waals surface area contributed by atoms with E-state index in [2.05, 4.69) is 0 Å². The molecule has 6 bridgehead atoms. The molecule has 16 atom stereocenters. The monoisotopic (exact) mass is 898 g/mol. The highest BCUT2D eigenvalue weighted by molar-refractivity contribution is 6.39. The van der Waals surface area contributed by atoms with Crippen molar-refractivity contribution in [2.45, 2.75) is 167 Å². The van der Waals surface area contributed by atoms with Crippen molar-refractivity contribution in [3.8, 4) is 0 Å². The Hall–Kier alpha value is -3.37. The predicted molar refractivity (Wildman–Crippen MR) is 238 cm³/mol. The van der Waals surface area contributed by atoms with Gasteiger partial charge >= 0.3 is 5.97 Å². The highest BCUT2D eigenvalue weighted by Gasteiger charge is 2.57. The second-order valence-electron chi connectivity index (χ2n) is 19.5. The average molecular weight is 898 g/mol. The standard InChI is InChI=1S/C50H75NO13/c1-28-14-11-10-12-15-29(2)40(60-7)26-35-19-17-33(6)50(59,64-35)47(56)48(57)51-21-13-16-36-37(24-34-18-20-38(52)42(25-34)61-8)41(63-49(58)43(36)51)27-39(53)30(3)23-32(5)45(55)46(62-9)44(54)31(4)22-28/h10-12,14-15,23,28,30-31,33-38,40-43,45-46,52,55,59H,13,16-22,24-27H2,1-9H3/b12-10+,14-11+,29-15?,32-23+/t28-,30?,31?,33?,34?,35?,36?,37+,38?,40?,41+,42?,43?,45?,46+,50?/m1/s1. The predicted octanol–water partition coefficient (Wildman–Crippen LogP) is 5.40. The van der Waals surface area contributed by atoms with Gasteiger partial charge in [0.05, 0.1) is 24.4 Å². The van der Waals surface area contributed by atoms with Crippen LogP contribution in [0.2, 0.25) is 0 Å². The Morgan fingerprint density at radius 1 is 0.844 bits per heavy atom. The van der Waals surface area contributed by atoms with Crippen LogP contribution in [0.15, 0.2) is 47.6 Å². The smallest absolute Gasteiger partial charge is 0.329 e. The number of esters is 1. The number of Topliss-reactive ketones (excluding diaryl/α,β-unsaturated/α-hetero) is 3. The van der Waals surface area contributed by atoms with E-state index in [9.17, 15) is 39.3 Å². The van der Waals surface area contributed by atoms with Crippen LogP contribution in [0.1, 0.15) is 112 Å². The minimum absolute atomic E-state index is 0.0231. The zero-order chi connectivity index (χ0) is 47.0. The van der Waals surface area contributed by atoms with E-state index in [1.165, 1.54) is 12.0 Å². The molecule has 3 N–H and O–H groups in total. The van der Waals surface area contributed by atoms with Crippen molar-refractivity contribution in [3.63, 3.8) is 0 Å². The quantitative estimate of drug-likeness (QED) is 0.181. The van der Waals surface area contributed by atoms with Crippen LogP contribution in [-0.2, 0) is 47.7 Å². The molecule has 64 heavy (non-hydrogen) atoms. The molecule has 14 heteroatoms. The number of carbonyl (C=O) groups excluding carboxylic acids is 5. The van der Waals surface area contributed by atoms with E-state index in [0.29, 0.717) is 69.8 Å². The van der Waals surface area contributed by atoms with Crippen molar-refractivity contribution in [2.24, 2.45) is 41.4 Å². The number of aliphatic hydroxyl groups excluding tert-OH is 2. The number of piperidine rings is 1. The molecule has 0 aromatic rings. The van der Waals surface area contributed by atoms with Crippen molar-refractivity contribution in [1.82, 2.24) is 4.90 Å². The summed E-state index contributed by atoms with van der Waals surface area (Å²) in [6.45, 7) is 10.9. The fraction of sp³-hybridized carbons (Fsp3) is 0.740. The van der Waals surface area contributed by atoms with Crippen LogP contribution in [0.5, 0.6) is 0 Å². The number of hydrogen-bond acceptors (Lipinski definition) is 13. The largest absolute Gasteiger partial charge is 0.460 e. The first kappa shape index (κ1) is 51.6. The Balaban J connectivity index is 1.51. The summed E-state index contributed by atoms with van der Waals surface area (Å²) in [5.74, 6) is -8.43.